The first-order valence-corrected chi connectivity index (χ1v) is 11.7. The molecular formula is C27H35FN2O3. The Balaban J connectivity index is 2.03. The highest BCUT2D eigenvalue weighted by Gasteiger charge is 2.37. The Morgan fingerprint density at radius 1 is 1.15 bits per heavy atom. The summed E-state index contributed by atoms with van der Waals surface area (Å²) < 4.78 is 19.8. The maximum atomic E-state index is 13.7. The molecule has 0 aliphatic carbocycles. The van der Waals surface area contributed by atoms with Crippen LogP contribution in [0.1, 0.15) is 63.8 Å². The molecule has 2 aromatic rings. The number of benzene rings is 2. The van der Waals surface area contributed by atoms with Crippen molar-refractivity contribution < 1.29 is 18.7 Å². The molecule has 0 spiro atoms. The predicted octanol–water partition coefficient (Wildman–Crippen LogP) is 4.98. The van der Waals surface area contributed by atoms with Gasteiger partial charge in [-0.2, -0.15) is 0 Å². The summed E-state index contributed by atoms with van der Waals surface area (Å²) in [6.45, 7) is 10.8. The lowest BCUT2D eigenvalue weighted by molar-refractivity contribution is -0.141. The van der Waals surface area contributed by atoms with Gasteiger partial charge in [0.25, 0.3) is 5.91 Å². The first-order valence-electron chi connectivity index (χ1n) is 11.7. The average Bonchev–Trinajstić information content (AvgIpc) is 2.80. The van der Waals surface area contributed by atoms with E-state index in [1.807, 2.05) is 57.7 Å². The van der Waals surface area contributed by atoms with Crippen LogP contribution in [0, 0.1) is 11.2 Å². The summed E-state index contributed by atoms with van der Waals surface area (Å²) in [5.41, 5.74) is 2.38. The van der Waals surface area contributed by atoms with Gasteiger partial charge in [-0.05, 0) is 60.7 Å². The second-order valence-electron chi connectivity index (χ2n) is 9.68. The van der Waals surface area contributed by atoms with Crippen LogP contribution in [0.15, 0.2) is 42.5 Å². The van der Waals surface area contributed by atoms with Crippen molar-refractivity contribution >= 4 is 11.8 Å². The zero-order chi connectivity index (χ0) is 24.3. The fourth-order valence-corrected chi connectivity index (χ4v) is 4.19. The molecule has 1 aliphatic rings. The molecular weight excluding hydrogens is 419 g/mol. The van der Waals surface area contributed by atoms with Gasteiger partial charge >= 0.3 is 0 Å². The van der Waals surface area contributed by atoms with Crippen LogP contribution in [-0.2, 0) is 16.0 Å². The van der Waals surface area contributed by atoms with Gasteiger partial charge in [-0.1, -0.05) is 45.9 Å². The zero-order valence-corrected chi connectivity index (χ0v) is 20.5. The van der Waals surface area contributed by atoms with Gasteiger partial charge in [-0.25, -0.2) is 4.39 Å². The third-order valence-electron chi connectivity index (χ3n) is 6.21. The van der Waals surface area contributed by atoms with Crippen LogP contribution >= 0.6 is 0 Å². The minimum atomic E-state index is -0.576. The van der Waals surface area contributed by atoms with Crippen LogP contribution in [0.2, 0.25) is 0 Å². The summed E-state index contributed by atoms with van der Waals surface area (Å²) in [5.74, 6) is 0.262. The van der Waals surface area contributed by atoms with Gasteiger partial charge in [0.1, 0.15) is 11.6 Å². The van der Waals surface area contributed by atoms with Crippen molar-refractivity contribution in [2.24, 2.45) is 5.41 Å². The van der Waals surface area contributed by atoms with E-state index in [-0.39, 0.29) is 23.7 Å². The molecule has 1 aliphatic heterocycles. The lowest BCUT2D eigenvalue weighted by atomic mass is 9.85. The molecule has 0 aromatic heterocycles. The average molecular weight is 455 g/mol. The number of fused-ring (bicyclic) bond motifs is 1. The lowest BCUT2D eigenvalue weighted by Crippen LogP contribution is -2.45. The molecule has 2 atom stereocenters. The summed E-state index contributed by atoms with van der Waals surface area (Å²) in [5, 5.41) is 0. The molecule has 2 unspecified atom stereocenters. The standard InChI is InChI=1S/C27H35FN2O3/c1-7-23(25(31)29(6)8-2)33-21-14-11-18-15-16-30(26(32)27(3,4)5)24(22(18)17-21)19-9-12-20(28)13-10-19/h9-14,17,23-24H,7-8,15-16H2,1-6H3. The molecule has 5 nitrogen and oxygen atoms in total. The van der Waals surface area contributed by atoms with Gasteiger partial charge in [0, 0.05) is 25.6 Å². The topological polar surface area (TPSA) is 49.9 Å². The molecule has 0 saturated heterocycles. The molecule has 2 aromatic carbocycles. The van der Waals surface area contributed by atoms with Crippen molar-refractivity contribution in [1.29, 1.82) is 0 Å². The van der Waals surface area contributed by atoms with Gasteiger partial charge in [0.2, 0.25) is 5.91 Å². The number of carbonyl (C=O) groups is 2. The molecule has 33 heavy (non-hydrogen) atoms. The molecule has 0 radical (unpaired) electrons. The molecule has 1 heterocycles. The smallest absolute Gasteiger partial charge is 0.263 e. The van der Waals surface area contributed by atoms with Crippen LogP contribution in [0.4, 0.5) is 4.39 Å². The van der Waals surface area contributed by atoms with Gasteiger partial charge in [0.05, 0.1) is 6.04 Å². The summed E-state index contributed by atoms with van der Waals surface area (Å²) in [7, 11) is 1.77. The summed E-state index contributed by atoms with van der Waals surface area (Å²) in [6, 6.07) is 11.8. The first kappa shape index (κ1) is 24.7. The number of rotatable bonds is 6. The van der Waals surface area contributed by atoms with E-state index in [0.717, 1.165) is 23.1 Å². The van der Waals surface area contributed by atoms with Crippen LogP contribution in [0.5, 0.6) is 5.75 Å². The summed E-state index contributed by atoms with van der Waals surface area (Å²) in [6.07, 6.45) is 0.702. The third kappa shape index (κ3) is 5.37. The van der Waals surface area contributed by atoms with Gasteiger partial charge < -0.3 is 14.5 Å². The Kier molecular flexibility index (Phi) is 7.45. The van der Waals surface area contributed by atoms with Crippen molar-refractivity contribution in [3.05, 3.63) is 65.0 Å². The maximum Gasteiger partial charge on any atom is 0.263 e. The number of nitrogens with zero attached hydrogens (tertiary/aromatic N) is 2. The SMILES string of the molecule is CCC(Oc1ccc2c(c1)C(c1ccc(F)cc1)N(C(=O)C(C)(C)C)CC2)C(=O)N(C)CC. The van der Waals surface area contributed by atoms with E-state index in [9.17, 15) is 14.0 Å². The highest BCUT2D eigenvalue weighted by molar-refractivity contribution is 5.83. The second kappa shape index (κ2) is 9.94. The van der Waals surface area contributed by atoms with Crippen molar-refractivity contribution in [3.63, 3.8) is 0 Å². The normalized spacial score (nSPS) is 16.7. The van der Waals surface area contributed by atoms with Crippen LogP contribution in [0.25, 0.3) is 0 Å². The zero-order valence-electron chi connectivity index (χ0n) is 20.5. The number of hydrogen-bond donors (Lipinski definition) is 0. The number of carbonyl (C=O) groups excluding carboxylic acids is 2. The highest BCUT2D eigenvalue weighted by Crippen LogP contribution is 2.39. The fourth-order valence-electron chi connectivity index (χ4n) is 4.19. The third-order valence-corrected chi connectivity index (χ3v) is 6.21. The number of halogens is 1. The van der Waals surface area contributed by atoms with Crippen molar-refractivity contribution in [2.45, 2.75) is 59.6 Å². The second-order valence-corrected chi connectivity index (χ2v) is 9.68. The highest BCUT2D eigenvalue weighted by atomic mass is 19.1. The molecule has 2 amide bonds. The van der Waals surface area contributed by atoms with Crippen LogP contribution in [0.3, 0.4) is 0 Å². The minimum absolute atomic E-state index is 0.0416. The van der Waals surface area contributed by atoms with E-state index >= 15 is 0 Å². The number of hydrogen-bond acceptors (Lipinski definition) is 3. The van der Waals surface area contributed by atoms with E-state index in [0.29, 0.717) is 25.3 Å². The molecule has 0 saturated carbocycles. The molecule has 0 bridgehead atoms. The van der Waals surface area contributed by atoms with E-state index in [1.54, 1.807) is 24.1 Å². The Morgan fingerprint density at radius 2 is 1.82 bits per heavy atom. The van der Waals surface area contributed by atoms with E-state index < -0.39 is 11.5 Å². The first-order chi connectivity index (χ1) is 15.6. The molecule has 0 N–H and O–H groups in total. The molecule has 3 rings (SSSR count). The Hall–Kier alpha value is -2.89. The van der Waals surface area contributed by atoms with Crippen molar-refractivity contribution in [1.82, 2.24) is 9.80 Å². The fraction of sp³-hybridized carbons (Fsp3) is 0.481. The number of amides is 2. The Labute approximate surface area is 196 Å². The van der Waals surface area contributed by atoms with Crippen molar-refractivity contribution in [2.75, 3.05) is 20.1 Å². The van der Waals surface area contributed by atoms with Gasteiger partial charge in [-0.3, -0.25) is 9.59 Å². The quantitative estimate of drug-likeness (QED) is 0.618. The number of likely N-dealkylation sites (N-methyl/N-ethyl adjacent to an activating group) is 1. The monoisotopic (exact) mass is 454 g/mol. The van der Waals surface area contributed by atoms with E-state index in [1.165, 1.54) is 12.1 Å². The maximum absolute atomic E-state index is 13.7. The summed E-state index contributed by atoms with van der Waals surface area (Å²) in [4.78, 5) is 29.6. The van der Waals surface area contributed by atoms with E-state index in [2.05, 4.69) is 0 Å². The van der Waals surface area contributed by atoms with Crippen LogP contribution < -0.4 is 4.74 Å². The predicted molar refractivity (Wildman–Crippen MR) is 128 cm³/mol. The van der Waals surface area contributed by atoms with Gasteiger partial charge in [0.15, 0.2) is 6.10 Å². The Morgan fingerprint density at radius 3 is 2.39 bits per heavy atom. The molecule has 0 fully saturated rings. The molecule has 6 heteroatoms. The lowest BCUT2D eigenvalue weighted by Gasteiger charge is -2.41. The van der Waals surface area contributed by atoms with Crippen LogP contribution in [-0.4, -0.2) is 47.9 Å². The Bertz CT molecular complexity index is 997. The van der Waals surface area contributed by atoms with Gasteiger partial charge in [-0.15, -0.1) is 0 Å². The number of ether oxygens (including phenoxy) is 1. The van der Waals surface area contributed by atoms with Crippen molar-refractivity contribution in [3.8, 4) is 5.75 Å². The molecule has 178 valence electrons. The minimum Gasteiger partial charge on any atom is -0.481 e. The summed E-state index contributed by atoms with van der Waals surface area (Å²) >= 11 is 0. The van der Waals surface area contributed by atoms with E-state index in [4.69, 9.17) is 4.74 Å². The largest absolute Gasteiger partial charge is 0.481 e.